The van der Waals surface area contributed by atoms with Gasteiger partial charge in [0, 0.05) is 17.8 Å². The monoisotopic (exact) mass is 284 g/mol. The summed E-state index contributed by atoms with van der Waals surface area (Å²) in [5, 5.41) is 0. The second-order valence-electron chi connectivity index (χ2n) is 4.17. The Balaban J connectivity index is 3.37. The van der Waals surface area contributed by atoms with Gasteiger partial charge in [0.1, 0.15) is 5.82 Å². The first kappa shape index (κ1) is 15.5. The van der Waals surface area contributed by atoms with Gasteiger partial charge in [0.2, 0.25) is 10.0 Å². The van der Waals surface area contributed by atoms with Crippen LogP contribution < -0.4 is 5.73 Å². The van der Waals surface area contributed by atoms with Crippen molar-refractivity contribution in [3.05, 3.63) is 23.5 Å². The van der Waals surface area contributed by atoms with Gasteiger partial charge >= 0.3 is 0 Å². The predicted molar refractivity (Wildman–Crippen MR) is 73.4 cm³/mol. The largest absolute Gasteiger partial charge is 0.399 e. The summed E-state index contributed by atoms with van der Waals surface area (Å²) >= 11 is 0. The fraction of sp³-hybridized carbons (Fsp3) is 0.385. The molecule has 0 saturated carbocycles. The number of hydrogen-bond acceptors (Lipinski definition) is 3. The summed E-state index contributed by atoms with van der Waals surface area (Å²) < 4.78 is 39.6. The number of nitrogen functional groups attached to an aromatic ring is 1. The zero-order valence-corrected chi connectivity index (χ0v) is 11.8. The zero-order valence-electron chi connectivity index (χ0n) is 11.0. The van der Waals surface area contributed by atoms with Gasteiger partial charge in [0.25, 0.3) is 0 Å². The van der Waals surface area contributed by atoms with Crippen molar-refractivity contribution in [3.8, 4) is 12.3 Å². The molecule has 4 nitrogen and oxygen atoms in total. The predicted octanol–water partition coefficient (Wildman–Crippen LogP) is 1.75. The molecule has 0 bridgehead atoms. The Hall–Kier alpha value is -1.58. The zero-order chi connectivity index (χ0) is 14.6. The van der Waals surface area contributed by atoms with Crippen molar-refractivity contribution in [2.24, 2.45) is 0 Å². The van der Waals surface area contributed by atoms with E-state index in [0.717, 1.165) is 10.4 Å². The molecular weight excluding hydrogens is 267 g/mol. The molecule has 6 heteroatoms. The molecule has 0 spiro atoms. The maximum Gasteiger partial charge on any atom is 0.244 e. The first-order chi connectivity index (χ1) is 8.84. The second-order valence-corrected chi connectivity index (χ2v) is 6.07. The summed E-state index contributed by atoms with van der Waals surface area (Å²) in [7, 11) is -3.83. The quantitative estimate of drug-likeness (QED) is 0.662. The van der Waals surface area contributed by atoms with Crippen LogP contribution in [0.3, 0.4) is 0 Å². The third-order valence-corrected chi connectivity index (χ3v) is 4.65. The van der Waals surface area contributed by atoms with Gasteiger partial charge in [-0.2, -0.15) is 4.31 Å². The highest BCUT2D eigenvalue weighted by molar-refractivity contribution is 7.89. The van der Waals surface area contributed by atoms with Crippen LogP contribution >= 0.6 is 0 Å². The van der Waals surface area contributed by atoms with Crippen molar-refractivity contribution in [1.82, 2.24) is 4.31 Å². The normalized spacial score (nSPS) is 11.5. The molecule has 0 saturated heterocycles. The molecule has 0 aliphatic rings. The van der Waals surface area contributed by atoms with Crippen LogP contribution in [-0.4, -0.2) is 25.8 Å². The number of rotatable bonds is 5. The highest BCUT2D eigenvalue weighted by atomic mass is 32.2. The first-order valence-electron chi connectivity index (χ1n) is 5.83. The Kier molecular flexibility index (Phi) is 4.92. The minimum Gasteiger partial charge on any atom is -0.399 e. The molecule has 0 atom stereocenters. The summed E-state index contributed by atoms with van der Waals surface area (Å²) in [4.78, 5) is -0.131. The van der Waals surface area contributed by atoms with Crippen molar-refractivity contribution in [1.29, 1.82) is 0 Å². The van der Waals surface area contributed by atoms with E-state index in [0.29, 0.717) is 6.42 Å². The summed E-state index contributed by atoms with van der Waals surface area (Å²) in [5.74, 6) is 1.66. The van der Waals surface area contributed by atoms with Crippen molar-refractivity contribution >= 4 is 15.7 Å². The van der Waals surface area contributed by atoms with E-state index in [1.165, 1.54) is 13.0 Å². The molecule has 0 amide bonds. The Labute approximate surface area is 113 Å². The summed E-state index contributed by atoms with van der Waals surface area (Å²) in [6.07, 6.45) is 5.79. The van der Waals surface area contributed by atoms with E-state index >= 15 is 0 Å². The van der Waals surface area contributed by atoms with Gasteiger partial charge < -0.3 is 5.73 Å². The van der Waals surface area contributed by atoms with E-state index in [2.05, 4.69) is 5.92 Å². The number of sulfonamides is 1. The van der Waals surface area contributed by atoms with Crippen LogP contribution in [0.15, 0.2) is 17.0 Å². The molecular formula is C13H17FN2O2S. The van der Waals surface area contributed by atoms with Crippen molar-refractivity contribution in [2.45, 2.75) is 25.2 Å². The average Bonchev–Trinajstić information content (AvgIpc) is 2.33. The minimum absolute atomic E-state index is 0.0484. The average molecular weight is 284 g/mol. The molecule has 0 unspecified atom stereocenters. The molecule has 0 fully saturated rings. The van der Waals surface area contributed by atoms with Gasteiger partial charge in [0.15, 0.2) is 0 Å². The number of halogens is 1. The highest BCUT2D eigenvalue weighted by Gasteiger charge is 2.26. The number of nitrogens with two attached hydrogens (primary N) is 1. The molecule has 0 aromatic heterocycles. The van der Waals surface area contributed by atoms with E-state index in [4.69, 9.17) is 12.2 Å². The second kappa shape index (κ2) is 6.04. The molecule has 1 aromatic rings. The van der Waals surface area contributed by atoms with Crippen LogP contribution in [0.25, 0.3) is 0 Å². The van der Waals surface area contributed by atoms with Gasteiger partial charge in [-0.25, -0.2) is 12.8 Å². The van der Waals surface area contributed by atoms with Gasteiger partial charge in [-0.3, -0.25) is 0 Å². The van der Waals surface area contributed by atoms with E-state index in [1.54, 1.807) is 0 Å². The summed E-state index contributed by atoms with van der Waals surface area (Å²) in [6, 6.07) is 2.35. The van der Waals surface area contributed by atoms with Crippen LogP contribution in [0.1, 0.15) is 18.9 Å². The summed E-state index contributed by atoms with van der Waals surface area (Å²) in [6.45, 7) is 3.47. The van der Waals surface area contributed by atoms with Gasteiger partial charge in [-0.1, -0.05) is 12.8 Å². The topological polar surface area (TPSA) is 63.4 Å². The molecule has 0 aliphatic heterocycles. The molecule has 0 radical (unpaired) electrons. The molecule has 0 heterocycles. The smallest absolute Gasteiger partial charge is 0.244 e. The number of hydrogen-bond donors (Lipinski definition) is 1. The fourth-order valence-corrected chi connectivity index (χ4v) is 3.43. The van der Waals surface area contributed by atoms with Gasteiger partial charge in [-0.05, 0) is 25.5 Å². The third kappa shape index (κ3) is 3.25. The third-order valence-electron chi connectivity index (χ3n) is 2.68. The number of benzene rings is 1. The maximum atomic E-state index is 13.6. The Bertz CT molecular complexity index is 606. The van der Waals surface area contributed by atoms with Crippen LogP contribution in [0.4, 0.5) is 10.1 Å². The maximum absolute atomic E-state index is 13.6. The van der Waals surface area contributed by atoms with Crippen LogP contribution in [0.2, 0.25) is 0 Å². The number of terminal acetylenes is 1. The lowest BCUT2D eigenvalue weighted by atomic mass is 10.2. The minimum atomic E-state index is -3.83. The Morgan fingerprint density at radius 2 is 2.11 bits per heavy atom. The SMILES string of the molecule is C#CCN(CCC)S(=O)(=O)c1cc(N)cc(F)c1C. The van der Waals surface area contributed by atoms with E-state index in [-0.39, 0.29) is 29.2 Å². The van der Waals surface area contributed by atoms with E-state index < -0.39 is 15.8 Å². The Morgan fingerprint density at radius 3 is 2.63 bits per heavy atom. The lowest BCUT2D eigenvalue weighted by Gasteiger charge is -2.20. The van der Waals surface area contributed by atoms with Crippen molar-refractivity contribution in [2.75, 3.05) is 18.8 Å². The Morgan fingerprint density at radius 1 is 1.47 bits per heavy atom. The molecule has 1 aromatic carbocycles. The van der Waals surface area contributed by atoms with Gasteiger partial charge in [0.05, 0.1) is 11.4 Å². The molecule has 104 valence electrons. The molecule has 1 rings (SSSR count). The highest BCUT2D eigenvalue weighted by Crippen LogP contribution is 2.25. The first-order valence-corrected chi connectivity index (χ1v) is 7.27. The standard InChI is InChI=1S/C13H17FN2O2S/c1-4-6-16(7-5-2)19(17,18)13-9-11(15)8-12(14)10(13)3/h1,8-9H,5-7,15H2,2-3H3. The van der Waals surface area contributed by atoms with Crippen LogP contribution in [0, 0.1) is 25.1 Å². The number of nitrogens with zero attached hydrogens (tertiary/aromatic N) is 1. The number of anilines is 1. The lowest BCUT2D eigenvalue weighted by molar-refractivity contribution is 0.444. The molecule has 0 aliphatic carbocycles. The van der Waals surface area contributed by atoms with Crippen molar-refractivity contribution in [3.63, 3.8) is 0 Å². The summed E-state index contributed by atoms with van der Waals surface area (Å²) in [5.41, 5.74) is 5.63. The van der Waals surface area contributed by atoms with E-state index in [9.17, 15) is 12.8 Å². The van der Waals surface area contributed by atoms with Gasteiger partial charge in [-0.15, -0.1) is 6.42 Å². The lowest BCUT2D eigenvalue weighted by Crippen LogP contribution is -2.32. The van der Waals surface area contributed by atoms with E-state index in [1.807, 2.05) is 6.92 Å². The molecule has 19 heavy (non-hydrogen) atoms. The molecule has 2 N–H and O–H groups in total. The van der Waals surface area contributed by atoms with Crippen LogP contribution in [-0.2, 0) is 10.0 Å². The van der Waals surface area contributed by atoms with Crippen LogP contribution in [0.5, 0.6) is 0 Å². The van der Waals surface area contributed by atoms with Crippen molar-refractivity contribution < 1.29 is 12.8 Å². The fourth-order valence-electron chi connectivity index (χ4n) is 1.72.